The van der Waals surface area contributed by atoms with Crippen molar-refractivity contribution in [1.29, 1.82) is 0 Å². The number of rotatable bonds is 8. The first-order valence-electron chi connectivity index (χ1n) is 7.67. The Hall–Kier alpha value is -2.53. The molecule has 5 heteroatoms. The molecule has 0 aromatic heterocycles. The summed E-state index contributed by atoms with van der Waals surface area (Å²) in [5.74, 6) is 0.756. The van der Waals surface area contributed by atoms with Crippen LogP contribution in [0.2, 0.25) is 0 Å². The monoisotopic (exact) mass is 314 g/mol. The summed E-state index contributed by atoms with van der Waals surface area (Å²) in [6.45, 7) is 1.39. The van der Waals surface area contributed by atoms with E-state index in [4.69, 9.17) is 9.84 Å². The van der Waals surface area contributed by atoms with Crippen LogP contribution >= 0.6 is 0 Å². The lowest BCUT2D eigenvalue weighted by Crippen LogP contribution is -2.35. The van der Waals surface area contributed by atoms with Gasteiger partial charge in [-0.2, -0.15) is 0 Å². The second kappa shape index (κ2) is 9.48. The van der Waals surface area contributed by atoms with Crippen LogP contribution in [-0.4, -0.2) is 24.3 Å². The topological polar surface area (TPSA) is 70.6 Å². The van der Waals surface area contributed by atoms with Gasteiger partial charge in [-0.15, -0.1) is 0 Å². The smallest absolute Gasteiger partial charge is 0.315 e. The molecular formula is C18H22N2O3. The first-order valence-corrected chi connectivity index (χ1v) is 7.67. The molecule has 23 heavy (non-hydrogen) atoms. The first kappa shape index (κ1) is 16.8. The number of hydrogen-bond acceptors (Lipinski definition) is 3. The lowest BCUT2D eigenvalue weighted by atomic mass is 10.2. The Kier molecular flexibility index (Phi) is 6.94. The number of aliphatic hydroxyl groups is 1. The van der Waals surface area contributed by atoms with E-state index < -0.39 is 0 Å². The van der Waals surface area contributed by atoms with E-state index in [0.29, 0.717) is 26.1 Å². The van der Waals surface area contributed by atoms with Crippen molar-refractivity contribution >= 4 is 6.03 Å². The van der Waals surface area contributed by atoms with Gasteiger partial charge in [-0.3, -0.25) is 0 Å². The Morgan fingerprint density at radius 1 is 1.00 bits per heavy atom. The van der Waals surface area contributed by atoms with E-state index in [2.05, 4.69) is 10.6 Å². The van der Waals surface area contributed by atoms with Crippen molar-refractivity contribution in [1.82, 2.24) is 10.6 Å². The minimum absolute atomic E-state index is 0.0659. The van der Waals surface area contributed by atoms with Gasteiger partial charge in [-0.25, -0.2) is 4.79 Å². The molecule has 5 nitrogen and oxygen atoms in total. The number of benzene rings is 2. The predicted molar refractivity (Wildman–Crippen MR) is 89.2 cm³/mol. The summed E-state index contributed by atoms with van der Waals surface area (Å²) in [5, 5.41) is 14.2. The molecule has 3 N–H and O–H groups in total. The first-order chi connectivity index (χ1) is 11.3. The Bertz CT molecular complexity index is 602. The molecular weight excluding hydrogens is 292 g/mol. The van der Waals surface area contributed by atoms with E-state index in [1.807, 2.05) is 54.6 Å². The number of nitrogens with one attached hydrogen (secondary N) is 2. The third-order valence-electron chi connectivity index (χ3n) is 3.27. The zero-order valence-corrected chi connectivity index (χ0v) is 13.0. The molecule has 0 radical (unpaired) electrons. The van der Waals surface area contributed by atoms with Crippen LogP contribution in [0.3, 0.4) is 0 Å². The molecule has 0 saturated heterocycles. The van der Waals surface area contributed by atoms with Crippen molar-refractivity contribution in [3.63, 3.8) is 0 Å². The van der Waals surface area contributed by atoms with Gasteiger partial charge < -0.3 is 20.5 Å². The molecule has 0 atom stereocenters. The van der Waals surface area contributed by atoms with Gasteiger partial charge in [-0.1, -0.05) is 48.5 Å². The van der Waals surface area contributed by atoms with E-state index in [-0.39, 0.29) is 12.6 Å². The van der Waals surface area contributed by atoms with Gasteiger partial charge >= 0.3 is 6.03 Å². The van der Waals surface area contributed by atoms with Gasteiger partial charge in [0.1, 0.15) is 12.4 Å². The van der Waals surface area contributed by atoms with Crippen LogP contribution in [-0.2, 0) is 13.2 Å². The quantitative estimate of drug-likeness (QED) is 0.656. The van der Waals surface area contributed by atoms with Crippen LogP contribution in [0.1, 0.15) is 17.5 Å². The minimum atomic E-state index is -0.253. The zero-order chi connectivity index (χ0) is 16.3. The van der Waals surface area contributed by atoms with Crippen molar-refractivity contribution in [2.45, 2.75) is 19.6 Å². The Balaban J connectivity index is 1.86. The van der Waals surface area contributed by atoms with Gasteiger partial charge in [0.15, 0.2) is 0 Å². The molecule has 122 valence electrons. The summed E-state index contributed by atoms with van der Waals surface area (Å²) in [4.78, 5) is 11.6. The van der Waals surface area contributed by atoms with E-state index in [9.17, 15) is 4.79 Å². The summed E-state index contributed by atoms with van der Waals surface area (Å²) < 4.78 is 5.85. The molecule has 0 unspecified atom stereocenters. The van der Waals surface area contributed by atoms with Crippen molar-refractivity contribution in [2.24, 2.45) is 0 Å². The van der Waals surface area contributed by atoms with Crippen molar-refractivity contribution in [3.05, 3.63) is 65.7 Å². The van der Waals surface area contributed by atoms with Crippen LogP contribution in [0.25, 0.3) is 0 Å². The Labute approximate surface area is 136 Å². The van der Waals surface area contributed by atoms with Gasteiger partial charge in [0.25, 0.3) is 0 Å². The highest BCUT2D eigenvalue weighted by Crippen LogP contribution is 2.19. The van der Waals surface area contributed by atoms with Gasteiger partial charge in [-0.05, 0) is 18.1 Å². The average Bonchev–Trinajstić information content (AvgIpc) is 2.60. The molecule has 0 aliphatic rings. The molecule has 0 bridgehead atoms. The molecule has 2 aromatic rings. The fraction of sp³-hybridized carbons (Fsp3) is 0.278. The van der Waals surface area contributed by atoms with Crippen molar-refractivity contribution in [3.8, 4) is 5.75 Å². The maximum Gasteiger partial charge on any atom is 0.315 e. The number of amides is 2. The number of hydrogen-bond donors (Lipinski definition) is 3. The second-order valence-corrected chi connectivity index (χ2v) is 5.07. The summed E-state index contributed by atoms with van der Waals surface area (Å²) in [6.07, 6.45) is 0.546. The molecule has 0 fully saturated rings. The van der Waals surface area contributed by atoms with Gasteiger partial charge in [0.2, 0.25) is 0 Å². The number of aliphatic hydroxyl groups excluding tert-OH is 1. The highest BCUT2D eigenvalue weighted by Gasteiger charge is 2.05. The SMILES string of the molecule is O=C(NCCCO)NCc1ccccc1OCc1ccccc1. The van der Waals surface area contributed by atoms with E-state index in [1.165, 1.54) is 0 Å². The number of ether oxygens (including phenoxy) is 1. The lowest BCUT2D eigenvalue weighted by molar-refractivity contribution is 0.237. The second-order valence-electron chi connectivity index (χ2n) is 5.07. The van der Waals surface area contributed by atoms with Crippen molar-refractivity contribution < 1.29 is 14.6 Å². The lowest BCUT2D eigenvalue weighted by Gasteiger charge is -2.12. The number of carbonyl (C=O) groups excluding carboxylic acids is 1. The van der Waals surface area contributed by atoms with Gasteiger partial charge in [0, 0.05) is 25.3 Å². The molecule has 0 aliphatic heterocycles. The van der Waals surface area contributed by atoms with E-state index >= 15 is 0 Å². The number of carbonyl (C=O) groups is 1. The van der Waals surface area contributed by atoms with Crippen LogP contribution in [0.5, 0.6) is 5.75 Å². The Morgan fingerprint density at radius 2 is 1.74 bits per heavy atom. The predicted octanol–water partition coefficient (Wildman–Crippen LogP) is 2.45. The summed E-state index contributed by atoms with van der Waals surface area (Å²) >= 11 is 0. The van der Waals surface area contributed by atoms with E-state index in [1.54, 1.807) is 0 Å². The third kappa shape index (κ3) is 6.00. The number of urea groups is 1. The molecule has 0 spiro atoms. The van der Waals surface area contributed by atoms with Crippen LogP contribution < -0.4 is 15.4 Å². The molecule has 2 rings (SSSR count). The van der Waals surface area contributed by atoms with Crippen LogP contribution in [0.4, 0.5) is 4.79 Å². The fourth-order valence-corrected chi connectivity index (χ4v) is 2.04. The summed E-state index contributed by atoms with van der Waals surface area (Å²) in [7, 11) is 0. The largest absolute Gasteiger partial charge is 0.489 e. The molecule has 2 amide bonds. The molecule has 0 aliphatic carbocycles. The molecule has 0 saturated carbocycles. The standard InChI is InChI=1S/C18H22N2O3/c21-12-6-11-19-18(22)20-13-16-9-4-5-10-17(16)23-14-15-7-2-1-3-8-15/h1-5,7-10,21H,6,11-14H2,(H2,19,20,22). The minimum Gasteiger partial charge on any atom is -0.489 e. The third-order valence-corrected chi connectivity index (χ3v) is 3.27. The highest BCUT2D eigenvalue weighted by molar-refractivity contribution is 5.73. The maximum absolute atomic E-state index is 11.6. The summed E-state index contributed by atoms with van der Waals surface area (Å²) in [5.41, 5.74) is 2.01. The van der Waals surface area contributed by atoms with Crippen LogP contribution in [0.15, 0.2) is 54.6 Å². The maximum atomic E-state index is 11.6. The average molecular weight is 314 g/mol. The molecule has 0 heterocycles. The summed E-state index contributed by atoms with van der Waals surface area (Å²) in [6, 6.07) is 17.3. The molecule has 2 aromatic carbocycles. The van der Waals surface area contributed by atoms with Gasteiger partial charge in [0.05, 0.1) is 0 Å². The van der Waals surface area contributed by atoms with Crippen LogP contribution in [0, 0.1) is 0 Å². The fourth-order valence-electron chi connectivity index (χ4n) is 2.04. The van der Waals surface area contributed by atoms with E-state index in [0.717, 1.165) is 16.9 Å². The normalized spacial score (nSPS) is 10.1. The number of para-hydroxylation sites is 1. The highest BCUT2D eigenvalue weighted by atomic mass is 16.5. The Morgan fingerprint density at radius 3 is 2.52 bits per heavy atom. The zero-order valence-electron chi connectivity index (χ0n) is 13.0. The van der Waals surface area contributed by atoms with Crippen molar-refractivity contribution in [2.75, 3.05) is 13.2 Å².